The highest BCUT2D eigenvalue weighted by atomic mass is 79.9. The van der Waals surface area contributed by atoms with Gasteiger partial charge in [-0.1, -0.05) is 316 Å². The van der Waals surface area contributed by atoms with Crippen LogP contribution in [-0.4, -0.2) is 146 Å². The van der Waals surface area contributed by atoms with Gasteiger partial charge in [-0.3, -0.25) is 19.2 Å². The van der Waals surface area contributed by atoms with Crippen molar-refractivity contribution in [2.24, 2.45) is 23.0 Å². The maximum absolute atomic E-state index is 11.0. The molecule has 30 heteroatoms. The molecule has 3 fully saturated rings. The van der Waals surface area contributed by atoms with Crippen LogP contribution >= 0.6 is 63.7 Å². The molecule has 0 aromatic heterocycles. The number of aliphatic hydroxyl groups excluding tert-OH is 2. The molecule has 0 heterocycles. The van der Waals surface area contributed by atoms with Crippen molar-refractivity contribution >= 4 is 154 Å². The third-order valence-electron chi connectivity index (χ3n) is 18.8. The van der Waals surface area contributed by atoms with Crippen LogP contribution in [0.3, 0.4) is 0 Å². The number of hydrogen-bond acceptors (Lipinski definition) is 21. The van der Waals surface area contributed by atoms with E-state index in [1.165, 1.54) is 59.0 Å². The molecule has 7 N–H and O–H groups in total. The molecule has 0 aliphatic heterocycles. The molecule has 0 saturated heterocycles. The first-order valence-electron chi connectivity index (χ1n) is 41.8. The summed E-state index contributed by atoms with van der Waals surface area (Å²) in [6.07, 6.45) is 21.7. The standard InChI is InChI=1S/C19H19BrO.2C11H13BrO2.C11H10N2O2.C11H12O2.C10H10O2.C9H9BrO.C8H11N.C8H8O.C3H4O4.C2H6.3CO2/c1-19(11-10-14-6-4-3-5-7-14)13-17(19)16-12-15(21-2)8-9-18(16)20;2*1-14-8-2-3-11(12)10(5-8)9-4-7(9)6-13;1-15-11(14)10(13-12)8-7-9-5-3-2-4-6-9;1-13-11(12)9-5-8-10-6-3-2-4-7-10;11-10(12)8-4-7-9-5-2-1-3-6-9;1-3-7-6-8(11-2)4-5-9(7)10;1-7(9)8-5-3-2-4-6-8;9-7-6-8-4-2-1-3-5-8;4-2(5)1-3(6)7;1-2;3*2-1-3/h3-12,17H,13H2,1-2H3;2*2-3,5,7,9,13H,4,6H2,1H3;2-8H,1H3;2-8H,9H2,1H3;1-7H,8H2,(H,11,12);3-6H,1H2,2H3;2-7H,9H2,1H3;1-5,7H,6H2;1H2,(H,4,5)(H,6,7);1-2H3;;;/b11-10+;;;8-7+;8-5+;7-4+;;;;;;;;/t17-,19-;2*7-,9-;;;;;7-;;;;;;/m011....1....../s1. The maximum Gasteiger partial charge on any atom is 0.421 e. The van der Waals surface area contributed by atoms with Crippen LogP contribution in [0.4, 0.5) is 0 Å². The minimum absolute atomic E-state index is 0.0783. The molecular formula is C106H115Br4N3O23. The van der Waals surface area contributed by atoms with Gasteiger partial charge >= 0.3 is 54.0 Å². The summed E-state index contributed by atoms with van der Waals surface area (Å²) >= 11 is 14.1. The molecule has 0 bridgehead atoms. The lowest BCUT2D eigenvalue weighted by Crippen LogP contribution is -2.13. The predicted octanol–water partition coefficient (Wildman–Crippen LogP) is 21.8. The number of nitrogens with two attached hydrogens (primary N) is 1. The lowest BCUT2D eigenvalue weighted by molar-refractivity contribution is -0.193. The van der Waals surface area contributed by atoms with Gasteiger partial charge in [0.1, 0.15) is 35.7 Å². The smallest absolute Gasteiger partial charge is 0.421 e. The molecule has 3 aliphatic rings. The van der Waals surface area contributed by atoms with Crippen molar-refractivity contribution < 1.29 is 116 Å². The second-order valence-electron chi connectivity index (χ2n) is 28.3. The van der Waals surface area contributed by atoms with Gasteiger partial charge in [-0.15, -0.1) is 0 Å². The van der Waals surface area contributed by atoms with E-state index in [0.717, 1.165) is 83.4 Å². The number of nitrogens with zero attached hydrogens (tertiary/aromatic N) is 2. The summed E-state index contributed by atoms with van der Waals surface area (Å²) in [4.78, 5) is 112. The zero-order valence-electron chi connectivity index (χ0n) is 77.1. The van der Waals surface area contributed by atoms with E-state index < -0.39 is 30.3 Å². The highest BCUT2D eigenvalue weighted by Gasteiger charge is 2.49. The molecule has 720 valence electrons. The summed E-state index contributed by atoms with van der Waals surface area (Å²) in [5.41, 5.74) is 25.7. The van der Waals surface area contributed by atoms with Gasteiger partial charge in [-0.25, -0.2) is 4.79 Å². The number of rotatable bonds is 26. The molecule has 26 nitrogen and oxygen atoms in total. The van der Waals surface area contributed by atoms with E-state index in [1.807, 2.05) is 245 Å². The number of ether oxygens (including phenoxy) is 6. The Morgan fingerprint density at radius 2 is 0.838 bits per heavy atom. The van der Waals surface area contributed by atoms with Crippen LogP contribution in [0.2, 0.25) is 0 Å². The Labute approximate surface area is 827 Å². The third kappa shape index (κ3) is 54.6. The van der Waals surface area contributed by atoms with Crippen LogP contribution < -0.4 is 24.7 Å². The monoisotopic (exact) mass is 2110 g/mol. The van der Waals surface area contributed by atoms with Crippen LogP contribution in [0, 0.1) is 17.3 Å². The van der Waals surface area contributed by atoms with Crippen molar-refractivity contribution in [2.45, 2.75) is 96.4 Å². The van der Waals surface area contributed by atoms with E-state index in [9.17, 15) is 28.8 Å². The van der Waals surface area contributed by atoms with Crippen molar-refractivity contribution in [3.8, 4) is 23.0 Å². The molecule has 0 unspecified atom stereocenters. The first-order valence-corrected chi connectivity index (χ1v) is 45.0. The molecule has 3 aliphatic carbocycles. The van der Waals surface area contributed by atoms with Crippen molar-refractivity contribution in [3.63, 3.8) is 0 Å². The predicted molar refractivity (Wildman–Crippen MR) is 537 cm³/mol. The molecule has 0 amide bonds. The lowest BCUT2D eigenvalue weighted by Gasteiger charge is -2.10. The van der Waals surface area contributed by atoms with Gasteiger partial charge in [0.05, 0.1) is 55.5 Å². The molecule has 3 saturated carbocycles. The fourth-order valence-corrected chi connectivity index (χ4v) is 13.5. The topological polar surface area (TPSA) is 424 Å². The Hall–Kier alpha value is -13.6. The number of benzene rings is 10. The molecule has 13 rings (SSSR count). The van der Waals surface area contributed by atoms with E-state index in [1.54, 1.807) is 58.8 Å². The number of carbonyl (C=O) groups is 6. The summed E-state index contributed by atoms with van der Waals surface area (Å²) in [5, 5.41) is 41.8. The van der Waals surface area contributed by atoms with Crippen LogP contribution in [0.25, 0.3) is 35.9 Å². The SMILES string of the molecule is C=Cc1cc(OC)ccc1Br.CC.COC(=O)C(/C=C/c1ccccc1)=[N+]=[N-].COC(=O)C/C=C/c1ccccc1.COc1ccc(Br)c([C@@H]2C[C@@H]2CO)c1.COc1ccc(Br)c([C@@H]2C[C@@H]2CO)c1.COc1ccc(Br)c([C@@H]2C[C@]2(C)/C=C/c2ccccc2)c1.C[C@@H](N)c1ccccc1.O=C(O)C/C=C/c1ccccc1.O=C(O)CC(=O)O.O=C=O.O=C=O.O=C=O.O=CCc1ccccc1. The van der Waals surface area contributed by atoms with E-state index in [-0.39, 0.29) is 61.2 Å². The number of esters is 2. The zero-order valence-corrected chi connectivity index (χ0v) is 83.5. The third-order valence-corrected chi connectivity index (χ3v) is 21.7. The molecule has 10 aromatic rings. The van der Waals surface area contributed by atoms with Crippen molar-refractivity contribution in [2.75, 3.05) is 55.9 Å². The highest BCUT2D eigenvalue weighted by Crippen LogP contribution is 2.62. The van der Waals surface area contributed by atoms with E-state index >= 15 is 0 Å². The quantitative estimate of drug-likeness (QED) is 0.00732. The van der Waals surface area contributed by atoms with Crippen molar-refractivity contribution in [1.82, 2.24) is 0 Å². The average Bonchev–Trinajstić information content (AvgIpc) is 1.59. The second-order valence-corrected chi connectivity index (χ2v) is 31.7. The van der Waals surface area contributed by atoms with Crippen LogP contribution in [-0.2, 0) is 73.4 Å². The van der Waals surface area contributed by atoms with E-state index in [4.69, 9.17) is 84.5 Å². The maximum atomic E-state index is 11.0. The number of methoxy groups -OCH3 is 6. The fraction of sp³-hybridized carbons (Fsp3) is 0.245. The minimum atomic E-state index is -1.31. The van der Waals surface area contributed by atoms with Crippen LogP contribution in [0.5, 0.6) is 23.0 Å². The molecule has 10 aromatic carbocycles. The Balaban J connectivity index is 0.00000149. The lowest BCUT2D eigenvalue weighted by atomic mass is 9.99. The molecular weight excluding hydrogens is 2000 g/mol. The number of halogens is 4. The largest absolute Gasteiger partial charge is 0.497 e. The number of carboxylic acids is 3. The van der Waals surface area contributed by atoms with E-state index in [0.29, 0.717) is 42.4 Å². The summed E-state index contributed by atoms with van der Waals surface area (Å²) in [6.45, 7) is 12.6. The van der Waals surface area contributed by atoms with Gasteiger partial charge in [-0.2, -0.15) is 33.6 Å². The van der Waals surface area contributed by atoms with Gasteiger partial charge in [0.15, 0.2) is 0 Å². The normalized spacial score (nSPS) is 14.6. The minimum Gasteiger partial charge on any atom is -0.497 e. The number of allylic oxidation sites excluding steroid dienone is 1. The number of aldehydes is 1. The summed E-state index contributed by atoms with van der Waals surface area (Å²) in [7, 11) is 9.32. The van der Waals surface area contributed by atoms with Crippen molar-refractivity contribution in [1.29, 1.82) is 0 Å². The number of carbonyl (C=O) groups excluding carboxylic acids is 9. The van der Waals surface area contributed by atoms with Crippen molar-refractivity contribution in [3.05, 3.63) is 365 Å². The van der Waals surface area contributed by atoms with Crippen LogP contribution in [0.15, 0.2) is 304 Å². The highest BCUT2D eigenvalue weighted by molar-refractivity contribution is 9.11. The van der Waals surface area contributed by atoms with E-state index in [2.05, 4.69) is 140 Å². The molecule has 136 heavy (non-hydrogen) atoms. The Bertz CT molecular complexity index is 5330. The Kier molecular flexibility index (Phi) is 67.4. The number of carboxylic acid groups (broad SMARTS) is 3. The second kappa shape index (κ2) is 74.8. The van der Waals surface area contributed by atoms with Gasteiger partial charge in [-0.05, 0) is 196 Å². The molecule has 0 radical (unpaired) electrons. The summed E-state index contributed by atoms with van der Waals surface area (Å²) in [6, 6.07) is 83.1. The number of aliphatic hydroxyl groups is 2. The average molecular weight is 2120 g/mol. The van der Waals surface area contributed by atoms with Gasteiger partial charge in [0.25, 0.3) is 0 Å². The summed E-state index contributed by atoms with van der Waals surface area (Å²) < 4.78 is 34.1. The van der Waals surface area contributed by atoms with Gasteiger partial charge in [0, 0.05) is 49.6 Å². The molecule has 0 spiro atoms. The van der Waals surface area contributed by atoms with Gasteiger partial charge in [0.2, 0.25) is 0 Å². The van der Waals surface area contributed by atoms with Gasteiger partial charge < -0.3 is 70.0 Å². The summed E-state index contributed by atoms with van der Waals surface area (Å²) in [5.74, 6) is 1.67. The zero-order chi connectivity index (χ0) is 102. The Morgan fingerprint density at radius 3 is 1.15 bits per heavy atom. The first-order chi connectivity index (χ1) is 65.4. The fourth-order valence-electron chi connectivity index (χ4n) is 11.5. The number of aliphatic carboxylic acids is 3. The first kappa shape index (κ1) is 122. The van der Waals surface area contributed by atoms with Crippen LogP contribution in [0.1, 0.15) is 146 Å². The number of hydrogen-bond donors (Lipinski definition) is 6. The molecule has 7 atom stereocenters. The Morgan fingerprint density at radius 1 is 0.493 bits per heavy atom.